The maximum absolute atomic E-state index is 13.2. The summed E-state index contributed by atoms with van der Waals surface area (Å²) >= 11 is 0. The standard InChI is InChI=1S/C27H26N2O8S3/c1-19-4-11-24(12-5-19)39(32,33)28-26-17-10-22(37-21-8-6-20(36-2)7-9-21)18-27(26)29-40(34,35)25-15-13-23(14-16-25)38(3,30)31/h4-18,28-29H,1-3H3. The molecule has 13 heteroatoms. The fourth-order valence-corrected chi connectivity index (χ4v) is 6.31. The summed E-state index contributed by atoms with van der Waals surface area (Å²) in [6.45, 7) is 1.82. The lowest BCUT2D eigenvalue weighted by Gasteiger charge is -2.17. The predicted molar refractivity (Wildman–Crippen MR) is 152 cm³/mol. The molecule has 0 heterocycles. The number of sulfone groups is 1. The molecule has 0 aliphatic carbocycles. The average Bonchev–Trinajstić information content (AvgIpc) is 2.90. The fraction of sp³-hybridized carbons (Fsp3) is 0.111. The van der Waals surface area contributed by atoms with Crippen molar-refractivity contribution in [2.24, 2.45) is 0 Å². The molecular weight excluding hydrogens is 577 g/mol. The van der Waals surface area contributed by atoms with E-state index < -0.39 is 29.9 Å². The average molecular weight is 603 g/mol. The number of hydrogen-bond acceptors (Lipinski definition) is 8. The highest BCUT2D eigenvalue weighted by Crippen LogP contribution is 2.34. The van der Waals surface area contributed by atoms with Gasteiger partial charge in [-0.05, 0) is 79.7 Å². The second-order valence-electron chi connectivity index (χ2n) is 8.75. The third-order valence-corrected chi connectivity index (χ3v) is 9.56. The van der Waals surface area contributed by atoms with Gasteiger partial charge in [-0.2, -0.15) is 0 Å². The minimum absolute atomic E-state index is 0.0122. The molecule has 4 rings (SSSR count). The van der Waals surface area contributed by atoms with Crippen molar-refractivity contribution in [3.63, 3.8) is 0 Å². The van der Waals surface area contributed by atoms with E-state index in [1.54, 1.807) is 36.4 Å². The number of methoxy groups -OCH3 is 1. The number of anilines is 2. The summed E-state index contributed by atoms with van der Waals surface area (Å²) in [6.07, 6.45) is 1.01. The zero-order valence-corrected chi connectivity index (χ0v) is 24.1. The van der Waals surface area contributed by atoms with E-state index in [4.69, 9.17) is 9.47 Å². The summed E-state index contributed by atoms with van der Waals surface area (Å²) in [5, 5.41) is 0. The minimum atomic E-state index is -4.27. The number of sulfonamides is 2. The highest BCUT2D eigenvalue weighted by atomic mass is 32.2. The minimum Gasteiger partial charge on any atom is -0.497 e. The van der Waals surface area contributed by atoms with Crippen molar-refractivity contribution in [1.29, 1.82) is 0 Å². The maximum Gasteiger partial charge on any atom is 0.261 e. The van der Waals surface area contributed by atoms with Crippen molar-refractivity contribution in [3.05, 3.63) is 96.6 Å². The van der Waals surface area contributed by atoms with Crippen molar-refractivity contribution in [2.75, 3.05) is 22.8 Å². The van der Waals surface area contributed by atoms with Crippen LogP contribution in [0.3, 0.4) is 0 Å². The normalized spacial score (nSPS) is 12.0. The van der Waals surface area contributed by atoms with Gasteiger partial charge in [-0.15, -0.1) is 0 Å². The molecule has 0 aliphatic heterocycles. The molecule has 0 fully saturated rings. The third kappa shape index (κ3) is 6.92. The predicted octanol–water partition coefficient (Wildman–Crippen LogP) is 4.80. The van der Waals surface area contributed by atoms with Crippen LogP contribution >= 0.6 is 0 Å². The molecule has 0 aliphatic rings. The molecule has 0 atom stereocenters. The molecule has 0 aromatic heterocycles. The maximum atomic E-state index is 13.2. The summed E-state index contributed by atoms with van der Waals surface area (Å²) in [4.78, 5) is -0.288. The van der Waals surface area contributed by atoms with Gasteiger partial charge in [0.1, 0.15) is 17.2 Å². The molecule has 0 bridgehead atoms. The zero-order chi connectivity index (χ0) is 29.1. The Morgan fingerprint density at radius 2 is 1.00 bits per heavy atom. The first kappa shape index (κ1) is 28.9. The van der Waals surface area contributed by atoms with Crippen LogP contribution in [0.25, 0.3) is 0 Å². The van der Waals surface area contributed by atoms with E-state index in [9.17, 15) is 25.3 Å². The van der Waals surface area contributed by atoms with Crippen molar-refractivity contribution < 1.29 is 34.7 Å². The van der Waals surface area contributed by atoms with E-state index in [1.807, 2.05) is 6.92 Å². The molecular formula is C27H26N2O8S3. The topological polar surface area (TPSA) is 145 Å². The first-order chi connectivity index (χ1) is 18.8. The quantitative estimate of drug-likeness (QED) is 0.263. The smallest absolute Gasteiger partial charge is 0.261 e. The molecule has 0 saturated carbocycles. The first-order valence-electron chi connectivity index (χ1n) is 11.7. The Kier molecular flexibility index (Phi) is 8.10. The van der Waals surface area contributed by atoms with Gasteiger partial charge in [-0.25, -0.2) is 25.3 Å². The Labute approximate surface area is 233 Å². The summed E-state index contributed by atoms with van der Waals surface area (Å²) in [5.74, 6) is 1.26. The molecule has 10 nitrogen and oxygen atoms in total. The van der Waals surface area contributed by atoms with Crippen LogP contribution in [0.1, 0.15) is 5.56 Å². The van der Waals surface area contributed by atoms with E-state index in [0.717, 1.165) is 24.0 Å². The second-order valence-corrected chi connectivity index (χ2v) is 14.1. The number of benzene rings is 4. The molecule has 0 saturated heterocycles. The van der Waals surface area contributed by atoms with E-state index in [1.165, 1.54) is 49.6 Å². The Morgan fingerprint density at radius 3 is 1.52 bits per heavy atom. The second kappa shape index (κ2) is 11.2. The molecule has 0 radical (unpaired) electrons. The van der Waals surface area contributed by atoms with E-state index >= 15 is 0 Å². The van der Waals surface area contributed by atoms with Gasteiger partial charge < -0.3 is 9.47 Å². The van der Waals surface area contributed by atoms with E-state index in [-0.39, 0.29) is 31.8 Å². The van der Waals surface area contributed by atoms with Gasteiger partial charge >= 0.3 is 0 Å². The lowest BCUT2D eigenvalue weighted by Crippen LogP contribution is -2.18. The van der Waals surface area contributed by atoms with Gasteiger partial charge in [0.25, 0.3) is 20.0 Å². The van der Waals surface area contributed by atoms with Crippen molar-refractivity contribution >= 4 is 41.3 Å². The zero-order valence-electron chi connectivity index (χ0n) is 21.7. The van der Waals surface area contributed by atoms with Gasteiger partial charge in [0.15, 0.2) is 9.84 Å². The number of rotatable bonds is 10. The van der Waals surface area contributed by atoms with Gasteiger partial charge in [0.2, 0.25) is 0 Å². The Morgan fingerprint density at radius 1 is 0.550 bits per heavy atom. The van der Waals surface area contributed by atoms with Crippen LogP contribution in [0.15, 0.2) is 106 Å². The van der Waals surface area contributed by atoms with Crippen LogP contribution in [0.5, 0.6) is 17.2 Å². The number of aryl methyl sites for hydroxylation is 1. The molecule has 40 heavy (non-hydrogen) atoms. The molecule has 0 amide bonds. The van der Waals surface area contributed by atoms with Crippen LogP contribution in [-0.4, -0.2) is 38.6 Å². The largest absolute Gasteiger partial charge is 0.497 e. The number of nitrogens with one attached hydrogen (secondary N) is 2. The summed E-state index contributed by atoms with van der Waals surface area (Å²) in [6, 6.07) is 21.7. The highest BCUT2D eigenvalue weighted by molar-refractivity contribution is 7.93. The summed E-state index contributed by atoms with van der Waals surface area (Å²) in [7, 11) is -10.4. The molecule has 210 valence electrons. The van der Waals surface area contributed by atoms with Gasteiger partial charge in [0.05, 0.1) is 33.2 Å². The Hall–Kier alpha value is -4.07. The van der Waals surface area contributed by atoms with Crippen molar-refractivity contribution in [3.8, 4) is 17.2 Å². The lowest BCUT2D eigenvalue weighted by atomic mass is 10.2. The highest BCUT2D eigenvalue weighted by Gasteiger charge is 2.21. The van der Waals surface area contributed by atoms with Crippen molar-refractivity contribution in [2.45, 2.75) is 21.6 Å². The molecule has 0 spiro atoms. The van der Waals surface area contributed by atoms with Gasteiger partial charge in [0, 0.05) is 12.3 Å². The van der Waals surface area contributed by atoms with E-state index in [2.05, 4.69) is 9.44 Å². The molecule has 4 aromatic rings. The third-order valence-electron chi connectivity index (χ3n) is 5.67. The number of hydrogen-bond donors (Lipinski definition) is 2. The first-order valence-corrected chi connectivity index (χ1v) is 16.5. The Balaban J connectivity index is 1.71. The SMILES string of the molecule is COc1ccc(Oc2ccc(NS(=O)(=O)c3ccc(C)cc3)c(NS(=O)(=O)c3ccc(S(C)(=O)=O)cc3)c2)cc1. The Bertz CT molecular complexity index is 1840. The molecule has 4 aromatic carbocycles. The molecule has 0 unspecified atom stereocenters. The van der Waals surface area contributed by atoms with Crippen LogP contribution in [0, 0.1) is 6.92 Å². The number of ether oxygens (including phenoxy) is 2. The van der Waals surface area contributed by atoms with Crippen LogP contribution in [-0.2, 0) is 29.9 Å². The monoisotopic (exact) mass is 602 g/mol. The lowest BCUT2D eigenvalue weighted by molar-refractivity contribution is 0.413. The van der Waals surface area contributed by atoms with Crippen LogP contribution < -0.4 is 18.9 Å². The van der Waals surface area contributed by atoms with Gasteiger partial charge in [-0.3, -0.25) is 9.44 Å². The van der Waals surface area contributed by atoms with Crippen LogP contribution in [0.4, 0.5) is 11.4 Å². The van der Waals surface area contributed by atoms with Gasteiger partial charge in [-0.1, -0.05) is 17.7 Å². The summed E-state index contributed by atoms with van der Waals surface area (Å²) < 4.78 is 92.0. The van der Waals surface area contributed by atoms with Crippen LogP contribution in [0.2, 0.25) is 0 Å². The van der Waals surface area contributed by atoms with E-state index in [0.29, 0.717) is 11.5 Å². The molecule has 2 N–H and O–H groups in total. The summed E-state index contributed by atoms with van der Waals surface area (Å²) in [5.41, 5.74) is 0.696. The fourth-order valence-electron chi connectivity index (χ4n) is 3.53. The van der Waals surface area contributed by atoms with Crippen molar-refractivity contribution in [1.82, 2.24) is 0 Å².